The van der Waals surface area contributed by atoms with Crippen LogP contribution in [0.25, 0.3) is 11.1 Å². The van der Waals surface area contributed by atoms with Gasteiger partial charge in [-0.3, -0.25) is 0 Å². The van der Waals surface area contributed by atoms with E-state index in [1.165, 1.54) is 27.8 Å². The predicted octanol–water partition coefficient (Wildman–Crippen LogP) is 6.11. The summed E-state index contributed by atoms with van der Waals surface area (Å²) in [5, 5.41) is 0. The summed E-state index contributed by atoms with van der Waals surface area (Å²) in [6.45, 7) is 8.97. The van der Waals surface area contributed by atoms with E-state index in [9.17, 15) is 0 Å². The van der Waals surface area contributed by atoms with Gasteiger partial charge in [-0.05, 0) is 78.8 Å². The van der Waals surface area contributed by atoms with Crippen molar-refractivity contribution in [3.05, 3.63) is 88.0 Å². The molecule has 0 saturated carbocycles. The van der Waals surface area contributed by atoms with E-state index in [1.807, 2.05) is 0 Å². The first kappa shape index (κ1) is 19.3. The first-order valence-electron chi connectivity index (χ1n) is 10.0. The SMILES string of the molecule is COc1c(C)cc(-c2ccc(C3COC(c4c(C)cccc4C)=N3)cc2)cc1C. The minimum Gasteiger partial charge on any atom is -0.496 e. The molecule has 3 heteroatoms. The molecule has 0 radical (unpaired) electrons. The summed E-state index contributed by atoms with van der Waals surface area (Å²) in [4.78, 5) is 4.88. The lowest BCUT2D eigenvalue weighted by Crippen LogP contribution is -2.05. The van der Waals surface area contributed by atoms with E-state index in [0.29, 0.717) is 6.61 Å². The number of benzene rings is 3. The highest BCUT2D eigenvalue weighted by Gasteiger charge is 2.23. The van der Waals surface area contributed by atoms with Gasteiger partial charge in [-0.25, -0.2) is 4.99 Å². The molecule has 1 aliphatic rings. The number of nitrogens with zero attached hydrogens (tertiary/aromatic N) is 1. The molecule has 1 atom stereocenters. The summed E-state index contributed by atoms with van der Waals surface area (Å²) in [5.74, 6) is 1.72. The van der Waals surface area contributed by atoms with Crippen LogP contribution in [0.3, 0.4) is 0 Å². The summed E-state index contributed by atoms with van der Waals surface area (Å²) in [7, 11) is 1.72. The zero-order valence-corrected chi connectivity index (χ0v) is 17.7. The standard InChI is InChI=1S/C26H27NO2/c1-16-7-6-8-17(2)24(16)26-27-23(15-29-26)21-11-9-20(10-12-21)22-13-18(3)25(28-5)19(4)14-22/h6-14,23H,15H2,1-5H3. The van der Waals surface area contributed by atoms with Crippen molar-refractivity contribution < 1.29 is 9.47 Å². The summed E-state index contributed by atoms with van der Waals surface area (Å²) in [5.41, 5.74) is 9.40. The Bertz CT molecular complexity index is 1040. The second kappa shape index (κ2) is 7.75. The number of aryl methyl sites for hydroxylation is 4. The van der Waals surface area contributed by atoms with Gasteiger partial charge in [0.2, 0.25) is 5.90 Å². The maximum atomic E-state index is 5.98. The van der Waals surface area contributed by atoms with Crippen molar-refractivity contribution in [2.24, 2.45) is 4.99 Å². The Morgan fingerprint density at radius 1 is 0.828 bits per heavy atom. The van der Waals surface area contributed by atoms with Crippen molar-refractivity contribution in [3.63, 3.8) is 0 Å². The van der Waals surface area contributed by atoms with Crippen molar-refractivity contribution in [1.82, 2.24) is 0 Å². The molecule has 3 nitrogen and oxygen atoms in total. The molecule has 0 N–H and O–H groups in total. The number of aliphatic imine (C=N–C) groups is 1. The Balaban J connectivity index is 1.60. The average molecular weight is 386 g/mol. The maximum absolute atomic E-state index is 5.98. The van der Waals surface area contributed by atoms with Gasteiger partial charge in [0, 0.05) is 5.56 Å². The van der Waals surface area contributed by atoms with Crippen molar-refractivity contribution in [3.8, 4) is 16.9 Å². The van der Waals surface area contributed by atoms with Gasteiger partial charge in [0.1, 0.15) is 18.4 Å². The lowest BCUT2D eigenvalue weighted by Gasteiger charge is -2.12. The summed E-state index contributed by atoms with van der Waals surface area (Å²) >= 11 is 0. The fourth-order valence-electron chi connectivity index (χ4n) is 4.17. The number of rotatable bonds is 4. The summed E-state index contributed by atoms with van der Waals surface area (Å²) < 4.78 is 11.5. The van der Waals surface area contributed by atoms with Gasteiger partial charge in [-0.15, -0.1) is 0 Å². The molecule has 1 heterocycles. The lowest BCUT2D eigenvalue weighted by atomic mass is 9.97. The first-order chi connectivity index (χ1) is 14.0. The summed E-state index contributed by atoms with van der Waals surface area (Å²) in [6, 6.07) is 19.3. The highest BCUT2D eigenvalue weighted by atomic mass is 16.5. The molecule has 0 spiro atoms. The van der Waals surface area contributed by atoms with Crippen LogP contribution >= 0.6 is 0 Å². The Morgan fingerprint density at radius 2 is 1.45 bits per heavy atom. The molecule has 0 aliphatic carbocycles. The fraction of sp³-hybridized carbons (Fsp3) is 0.269. The van der Waals surface area contributed by atoms with Crippen LogP contribution in [0.4, 0.5) is 0 Å². The first-order valence-corrected chi connectivity index (χ1v) is 10.0. The molecule has 4 rings (SSSR count). The van der Waals surface area contributed by atoms with Gasteiger partial charge < -0.3 is 9.47 Å². The van der Waals surface area contributed by atoms with Crippen LogP contribution in [-0.4, -0.2) is 19.6 Å². The molecule has 29 heavy (non-hydrogen) atoms. The average Bonchev–Trinajstić information content (AvgIpc) is 3.17. The van der Waals surface area contributed by atoms with Gasteiger partial charge in [-0.2, -0.15) is 0 Å². The Labute approximate surface area is 173 Å². The molecule has 0 bridgehead atoms. The maximum Gasteiger partial charge on any atom is 0.217 e. The summed E-state index contributed by atoms with van der Waals surface area (Å²) in [6.07, 6.45) is 0. The third-order valence-electron chi connectivity index (χ3n) is 5.64. The van der Waals surface area contributed by atoms with E-state index in [0.717, 1.165) is 28.3 Å². The van der Waals surface area contributed by atoms with E-state index in [1.54, 1.807) is 7.11 Å². The second-order valence-corrected chi connectivity index (χ2v) is 7.79. The van der Waals surface area contributed by atoms with E-state index in [-0.39, 0.29) is 6.04 Å². The number of hydrogen-bond donors (Lipinski definition) is 0. The Morgan fingerprint density at radius 3 is 2.03 bits per heavy atom. The van der Waals surface area contributed by atoms with E-state index >= 15 is 0 Å². The van der Waals surface area contributed by atoms with Crippen LogP contribution in [-0.2, 0) is 4.74 Å². The lowest BCUT2D eigenvalue weighted by molar-refractivity contribution is 0.319. The van der Waals surface area contributed by atoms with Crippen molar-refractivity contribution in [2.45, 2.75) is 33.7 Å². The van der Waals surface area contributed by atoms with E-state index in [4.69, 9.17) is 14.5 Å². The Hall–Kier alpha value is -3.07. The zero-order valence-electron chi connectivity index (χ0n) is 17.7. The van der Waals surface area contributed by atoms with Crippen LogP contribution in [0.15, 0.2) is 59.6 Å². The number of hydrogen-bond acceptors (Lipinski definition) is 3. The molecule has 0 fully saturated rings. The predicted molar refractivity (Wildman–Crippen MR) is 119 cm³/mol. The number of methoxy groups -OCH3 is 1. The molecular weight excluding hydrogens is 358 g/mol. The van der Waals surface area contributed by atoms with Gasteiger partial charge in [0.25, 0.3) is 0 Å². The van der Waals surface area contributed by atoms with Gasteiger partial charge in [-0.1, -0.05) is 42.5 Å². The third kappa shape index (κ3) is 3.65. The van der Waals surface area contributed by atoms with Crippen LogP contribution in [0.1, 0.15) is 39.4 Å². The Kier molecular flexibility index (Phi) is 5.14. The van der Waals surface area contributed by atoms with Gasteiger partial charge in [0.05, 0.1) is 7.11 Å². The second-order valence-electron chi connectivity index (χ2n) is 7.79. The topological polar surface area (TPSA) is 30.8 Å². The van der Waals surface area contributed by atoms with Crippen LogP contribution in [0.2, 0.25) is 0 Å². The molecule has 3 aromatic rings. The smallest absolute Gasteiger partial charge is 0.217 e. The van der Waals surface area contributed by atoms with E-state index in [2.05, 4.69) is 82.3 Å². The normalized spacial score (nSPS) is 15.8. The van der Waals surface area contributed by atoms with Crippen molar-refractivity contribution >= 4 is 5.90 Å². The quantitative estimate of drug-likeness (QED) is 0.542. The number of ether oxygens (including phenoxy) is 2. The minimum atomic E-state index is 0.0393. The fourth-order valence-corrected chi connectivity index (χ4v) is 4.17. The van der Waals surface area contributed by atoms with Crippen molar-refractivity contribution in [2.75, 3.05) is 13.7 Å². The van der Waals surface area contributed by atoms with E-state index < -0.39 is 0 Å². The van der Waals surface area contributed by atoms with Crippen molar-refractivity contribution in [1.29, 1.82) is 0 Å². The monoisotopic (exact) mass is 385 g/mol. The molecule has 148 valence electrons. The highest BCUT2D eigenvalue weighted by molar-refractivity contribution is 5.98. The van der Waals surface area contributed by atoms with Crippen LogP contribution < -0.4 is 4.74 Å². The molecule has 1 aliphatic heterocycles. The molecule has 3 aromatic carbocycles. The highest BCUT2D eigenvalue weighted by Crippen LogP contribution is 2.32. The van der Waals surface area contributed by atoms with Gasteiger partial charge >= 0.3 is 0 Å². The van der Waals surface area contributed by atoms with Crippen LogP contribution in [0.5, 0.6) is 5.75 Å². The third-order valence-corrected chi connectivity index (χ3v) is 5.64. The zero-order chi connectivity index (χ0) is 20.5. The molecule has 0 amide bonds. The molecule has 1 unspecified atom stereocenters. The minimum absolute atomic E-state index is 0.0393. The molecule has 0 saturated heterocycles. The largest absolute Gasteiger partial charge is 0.496 e. The molecular formula is C26H27NO2. The van der Waals surface area contributed by atoms with Gasteiger partial charge in [0.15, 0.2) is 0 Å². The molecule has 0 aromatic heterocycles. The van der Waals surface area contributed by atoms with Crippen LogP contribution in [0, 0.1) is 27.7 Å².